The first-order chi connectivity index (χ1) is 24.2. The van der Waals surface area contributed by atoms with Gasteiger partial charge >= 0.3 is 5.97 Å². The number of esters is 1. The smallest absolute Gasteiger partial charge is 0.318 e. The summed E-state index contributed by atoms with van der Waals surface area (Å²) in [6.45, 7) is 15.0. The van der Waals surface area contributed by atoms with Gasteiger partial charge in [0.15, 0.2) is 6.29 Å². The van der Waals surface area contributed by atoms with E-state index >= 15 is 4.79 Å². The Labute approximate surface area is 299 Å². The molecule has 50 heavy (non-hydrogen) atoms. The van der Waals surface area contributed by atoms with Crippen molar-refractivity contribution < 1.29 is 28.8 Å². The number of ether oxygens (including phenoxy) is 4. The van der Waals surface area contributed by atoms with Gasteiger partial charge in [0.05, 0.1) is 32.0 Å². The third kappa shape index (κ3) is 4.98. The van der Waals surface area contributed by atoms with Crippen molar-refractivity contribution in [1.29, 1.82) is 0 Å². The minimum atomic E-state index is -1.11. The maximum absolute atomic E-state index is 16.2. The Morgan fingerprint density at radius 2 is 1.84 bits per heavy atom. The molecule has 1 saturated heterocycles. The first-order valence-corrected chi connectivity index (χ1v) is 19.7. The van der Waals surface area contributed by atoms with Gasteiger partial charge in [-0.25, -0.2) is 0 Å². The van der Waals surface area contributed by atoms with Crippen molar-refractivity contribution in [1.82, 2.24) is 0 Å². The second-order valence-electron chi connectivity index (χ2n) is 17.3. The predicted molar refractivity (Wildman–Crippen MR) is 194 cm³/mol. The lowest BCUT2D eigenvalue weighted by Crippen LogP contribution is -2.68. The number of allylic oxidation sites excluding steroid dienone is 4. The molecule has 270 valence electrons. The molecule has 4 saturated carbocycles. The molecule has 0 spiro atoms. The highest BCUT2D eigenvalue weighted by Gasteiger charge is 2.88. The third-order valence-electron chi connectivity index (χ3n) is 14.7. The Morgan fingerprint density at radius 3 is 2.50 bits per heavy atom. The standard InChI is InChI=1S/C44H58O6/c1-6-34(49-26-32-21-29(32)5)23-38(45)42-25-35-28(4)17-18-36(35)43(41-47-19-20-48-41)24-33(42)22-37(27(2)3)44(42,43)40(46)50-39(30-13-9-7-10-14-30)31-15-11-8-12-16-31/h6-15,22,27-29,31-36,38-39,41,45H,1,16-21,23-26H2,2-5H3/t28-,29?,31?,32?,33?,34?,35-,36-,38-,39?,42?,43?,44?/m1/s1. The van der Waals surface area contributed by atoms with E-state index in [0.717, 1.165) is 43.2 Å². The number of aliphatic hydroxyl groups excluding tert-OH is 1. The summed E-state index contributed by atoms with van der Waals surface area (Å²) in [6, 6.07) is 10.2. The maximum atomic E-state index is 16.2. The SMILES string of the molecule is C=CC(C[C@@H](O)C12C[C@@H]3[C@H](C)CC[C@H]3C3(C4OCCO4)CC1C=C(C(C)C)C23C(=O)OC(c1ccccc1)C1C=CC=CC1)OCC1CC1C. The normalized spacial score (nSPS) is 41.6. The summed E-state index contributed by atoms with van der Waals surface area (Å²) in [5, 5.41) is 13.1. The fraction of sp³-hybridized carbons (Fsp3) is 0.659. The molecule has 1 N–H and O–H groups in total. The van der Waals surface area contributed by atoms with Gasteiger partial charge in [0.25, 0.3) is 0 Å². The average Bonchev–Trinajstić information content (AvgIpc) is 3.50. The van der Waals surface area contributed by atoms with Crippen molar-refractivity contribution in [3.63, 3.8) is 0 Å². The highest BCUT2D eigenvalue weighted by Crippen LogP contribution is 2.85. The van der Waals surface area contributed by atoms with Crippen LogP contribution in [0, 0.1) is 63.6 Å². The molecule has 6 aliphatic carbocycles. The number of benzene rings is 1. The van der Waals surface area contributed by atoms with E-state index in [1.165, 1.54) is 6.42 Å². The van der Waals surface area contributed by atoms with E-state index in [-0.39, 0.29) is 35.7 Å². The number of carbonyl (C=O) groups is 1. The second-order valence-corrected chi connectivity index (χ2v) is 17.3. The van der Waals surface area contributed by atoms with Gasteiger partial charge in [-0.3, -0.25) is 4.79 Å². The lowest BCUT2D eigenvalue weighted by Gasteiger charge is -2.63. The highest BCUT2D eigenvalue weighted by molar-refractivity contribution is 5.87. The zero-order valence-electron chi connectivity index (χ0n) is 30.5. The largest absolute Gasteiger partial charge is 0.456 e. The van der Waals surface area contributed by atoms with Gasteiger partial charge in [0.2, 0.25) is 0 Å². The lowest BCUT2D eigenvalue weighted by atomic mass is 9.40. The Bertz CT molecular complexity index is 1520. The summed E-state index contributed by atoms with van der Waals surface area (Å²) in [7, 11) is 0. The summed E-state index contributed by atoms with van der Waals surface area (Å²) in [5.41, 5.74) is -0.431. The summed E-state index contributed by atoms with van der Waals surface area (Å²) >= 11 is 0. The molecule has 0 aromatic heterocycles. The molecule has 7 aliphatic rings. The minimum Gasteiger partial charge on any atom is -0.456 e. The van der Waals surface area contributed by atoms with E-state index in [0.29, 0.717) is 49.9 Å². The summed E-state index contributed by atoms with van der Waals surface area (Å²) in [4.78, 5) is 16.2. The molecule has 9 unspecified atom stereocenters. The molecule has 4 bridgehead atoms. The molecule has 1 aromatic carbocycles. The predicted octanol–water partition coefficient (Wildman–Crippen LogP) is 8.40. The van der Waals surface area contributed by atoms with Crippen molar-refractivity contribution in [3.05, 3.63) is 84.5 Å². The highest BCUT2D eigenvalue weighted by atomic mass is 16.7. The number of hydrogen-bond donors (Lipinski definition) is 1. The molecular weight excluding hydrogens is 624 g/mol. The van der Waals surface area contributed by atoms with Crippen LogP contribution in [-0.2, 0) is 23.7 Å². The van der Waals surface area contributed by atoms with Gasteiger partial charge in [0.1, 0.15) is 11.5 Å². The van der Waals surface area contributed by atoms with E-state index in [2.05, 4.69) is 76.8 Å². The molecule has 1 heterocycles. The van der Waals surface area contributed by atoms with Crippen LogP contribution in [0.5, 0.6) is 0 Å². The molecule has 13 atom stereocenters. The van der Waals surface area contributed by atoms with Crippen LogP contribution in [0.2, 0.25) is 0 Å². The molecule has 6 nitrogen and oxygen atoms in total. The number of rotatable bonds is 13. The molecule has 0 radical (unpaired) electrons. The Morgan fingerprint density at radius 1 is 1.08 bits per heavy atom. The third-order valence-corrected chi connectivity index (χ3v) is 14.7. The van der Waals surface area contributed by atoms with Crippen LogP contribution >= 0.6 is 0 Å². The number of fused-ring (bicyclic) bond motifs is 2. The van der Waals surface area contributed by atoms with Crippen molar-refractivity contribution in [2.24, 2.45) is 63.6 Å². The lowest BCUT2D eigenvalue weighted by molar-refractivity contribution is -0.257. The van der Waals surface area contributed by atoms with Crippen LogP contribution in [0.1, 0.15) is 84.3 Å². The van der Waals surface area contributed by atoms with Crippen molar-refractivity contribution >= 4 is 5.97 Å². The number of hydrogen-bond acceptors (Lipinski definition) is 6. The van der Waals surface area contributed by atoms with Crippen molar-refractivity contribution in [3.8, 4) is 0 Å². The zero-order chi connectivity index (χ0) is 34.8. The van der Waals surface area contributed by atoms with Crippen LogP contribution in [0.25, 0.3) is 0 Å². The Kier molecular flexibility index (Phi) is 9.10. The van der Waals surface area contributed by atoms with E-state index in [4.69, 9.17) is 18.9 Å². The van der Waals surface area contributed by atoms with E-state index in [1.807, 2.05) is 24.3 Å². The van der Waals surface area contributed by atoms with Crippen LogP contribution in [-0.4, -0.2) is 49.4 Å². The van der Waals surface area contributed by atoms with Gasteiger partial charge in [-0.1, -0.05) is 106 Å². The topological polar surface area (TPSA) is 74.2 Å². The van der Waals surface area contributed by atoms with Gasteiger partial charge < -0.3 is 24.1 Å². The van der Waals surface area contributed by atoms with Gasteiger partial charge in [-0.05, 0) is 79.1 Å². The van der Waals surface area contributed by atoms with E-state index in [1.54, 1.807) is 0 Å². The van der Waals surface area contributed by atoms with Crippen molar-refractivity contribution in [2.75, 3.05) is 19.8 Å². The Balaban J connectivity index is 1.28. The van der Waals surface area contributed by atoms with Gasteiger partial charge in [-0.15, -0.1) is 6.58 Å². The molecule has 5 fully saturated rings. The second kappa shape index (κ2) is 13.2. The molecule has 6 heteroatoms. The quantitative estimate of drug-likeness (QED) is 0.166. The zero-order valence-corrected chi connectivity index (χ0v) is 30.5. The van der Waals surface area contributed by atoms with Crippen LogP contribution in [0.3, 0.4) is 0 Å². The van der Waals surface area contributed by atoms with Crippen LogP contribution in [0.15, 0.2) is 78.9 Å². The fourth-order valence-electron chi connectivity index (χ4n) is 12.3. The fourth-order valence-corrected chi connectivity index (χ4v) is 12.3. The summed E-state index contributed by atoms with van der Waals surface area (Å²) in [6.07, 6.45) is 16.7. The molecule has 8 rings (SSSR count). The maximum Gasteiger partial charge on any atom is 0.318 e. The summed E-state index contributed by atoms with van der Waals surface area (Å²) < 4.78 is 26.8. The Hall–Kier alpha value is -2.51. The summed E-state index contributed by atoms with van der Waals surface area (Å²) in [5.74, 6) is 2.21. The average molecular weight is 683 g/mol. The van der Waals surface area contributed by atoms with Crippen molar-refractivity contribution in [2.45, 2.75) is 97.2 Å². The first-order valence-electron chi connectivity index (χ1n) is 19.7. The van der Waals surface area contributed by atoms with E-state index in [9.17, 15) is 5.11 Å². The molecule has 0 amide bonds. The molecular formula is C44H58O6. The van der Waals surface area contributed by atoms with Crippen LogP contribution in [0.4, 0.5) is 0 Å². The molecule has 1 aromatic rings. The minimum absolute atomic E-state index is 0.00495. The number of aliphatic hydroxyl groups is 1. The van der Waals surface area contributed by atoms with Gasteiger partial charge in [0, 0.05) is 23.2 Å². The number of carbonyl (C=O) groups excluding carboxylic acids is 1. The molecule has 1 aliphatic heterocycles. The monoisotopic (exact) mass is 682 g/mol. The first kappa shape index (κ1) is 34.6. The van der Waals surface area contributed by atoms with Crippen LogP contribution < -0.4 is 0 Å². The van der Waals surface area contributed by atoms with Gasteiger partial charge in [-0.2, -0.15) is 0 Å². The van der Waals surface area contributed by atoms with E-state index < -0.39 is 34.7 Å².